The highest BCUT2D eigenvalue weighted by atomic mass is 16.5. The Labute approximate surface area is 152 Å². The molecule has 0 saturated carbocycles. The zero-order valence-corrected chi connectivity index (χ0v) is 15.3. The van der Waals surface area contributed by atoms with E-state index in [1.807, 2.05) is 32.0 Å². The number of hydrogen-bond donors (Lipinski definition) is 1. The van der Waals surface area contributed by atoms with E-state index in [2.05, 4.69) is 5.32 Å². The zero-order chi connectivity index (χ0) is 18.8. The monoisotopic (exact) mass is 354 g/mol. The van der Waals surface area contributed by atoms with E-state index in [0.717, 1.165) is 11.1 Å². The van der Waals surface area contributed by atoms with Crippen LogP contribution in [0.25, 0.3) is 0 Å². The number of imide groups is 1. The molecule has 0 unspecified atom stereocenters. The van der Waals surface area contributed by atoms with Crippen LogP contribution in [0.2, 0.25) is 0 Å². The van der Waals surface area contributed by atoms with E-state index >= 15 is 0 Å². The van der Waals surface area contributed by atoms with Crippen molar-refractivity contribution in [2.75, 3.05) is 24.4 Å². The van der Waals surface area contributed by atoms with Gasteiger partial charge >= 0.3 is 0 Å². The fourth-order valence-electron chi connectivity index (χ4n) is 3.24. The molecular weight excluding hydrogens is 332 g/mol. The maximum absolute atomic E-state index is 12.9. The first-order valence-corrected chi connectivity index (χ1v) is 8.38. The van der Waals surface area contributed by atoms with Gasteiger partial charge in [0.05, 0.1) is 32.0 Å². The maximum atomic E-state index is 12.9. The molecule has 0 aromatic heterocycles. The molecule has 0 aliphatic carbocycles. The van der Waals surface area contributed by atoms with E-state index in [1.165, 1.54) is 4.90 Å². The molecule has 1 aliphatic rings. The van der Waals surface area contributed by atoms with Crippen LogP contribution in [0.15, 0.2) is 36.4 Å². The van der Waals surface area contributed by atoms with Crippen molar-refractivity contribution in [2.24, 2.45) is 0 Å². The van der Waals surface area contributed by atoms with Crippen molar-refractivity contribution in [3.05, 3.63) is 47.5 Å². The molecule has 136 valence electrons. The summed E-state index contributed by atoms with van der Waals surface area (Å²) in [6, 6.07) is 10.4. The summed E-state index contributed by atoms with van der Waals surface area (Å²) in [6.07, 6.45) is 0.0990. The molecule has 1 aliphatic heterocycles. The van der Waals surface area contributed by atoms with Gasteiger partial charge in [0.25, 0.3) is 5.91 Å². The largest absolute Gasteiger partial charge is 0.497 e. The fourth-order valence-corrected chi connectivity index (χ4v) is 3.24. The van der Waals surface area contributed by atoms with E-state index in [9.17, 15) is 9.59 Å². The van der Waals surface area contributed by atoms with Crippen LogP contribution < -0.4 is 19.7 Å². The lowest BCUT2D eigenvalue weighted by Crippen LogP contribution is -2.35. The van der Waals surface area contributed by atoms with Crippen LogP contribution in [0, 0.1) is 13.8 Å². The lowest BCUT2D eigenvalue weighted by Gasteiger charge is -2.20. The molecule has 1 atom stereocenters. The van der Waals surface area contributed by atoms with Crippen LogP contribution in [0.1, 0.15) is 17.5 Å². The summed E-state index contributed by atoms with van der Waals surface area (Å²) in [6.45, 7) is 3.80. The van der Waals surface area contributed by atoms with Crippen LogP contribution in [0.5, 0.6) is 11.5 Å². The van der Waals surface area contributed by atoms with Gasteiger partial charge in [0.2, 0.25) is 5.91 Å². The van der Waals surface area contributed by atoms with E-state index in [0.29, 0.717) is 22.9 Å². The number of carbonyl (C=O) groups is 2. The number of anilines is 2. The molecule has 1 N–H and O–H groups in total. The van der Waals surface area contributed by atoms with E-state index in [4.69, 9.17) is 9.47 Å². The number of carbonyl (C=O) groups excluding carboxylic acids is 2. The van der Waals surface area contributed by atoms with Crippen molar-refractivity contribution in [1.82, 2.24) is 0 Å². The van der Waals surface area contributed by atoms with Gasteiger partial charge in [-0.2, -0.15) is 0 Å². The van der Waals surface area contributed by atoms with E-state index in [1.54, 1.807) is 32.4 Å². The van der Waals surface area contributed by atoms with Crippen LogP contribution in [0.4, 0.5) is 11.4 Å². The summed E-state index contributed by atoms with van der Waals surface area (Å²) in [7, 11) is 3.12. The molecule has 1 heterocycles. The number of rotatable bonds is 5. The summed E-state index contributed by atoms with van der Waals surface area (Å²) in [5, 5.41) is 3.14. The second-order valence-electron chi connectivity index (χ2n) is 6.28. The average molecular weight is 354 g/mol. The minimum atomic E-state index is -0.635. The highest BCUT2D eigenvalue weighted by Crippen LogP contribution is 2.33. The average Bonchev–Trinajstić information content (AvgIpc) is 2.89. The van der Waals surface area contributed by atoms with Crippen molar-refractivity contribution in [2.45, 2.75) is 26.3 Å². The summed E-state index contributed by atoms with van der Waals surface area (Å²) < 4.78 is 10.5. The van der Waals surface area contributed by atoms with Gasteiger partial charge in [-0.05, 0) is 37.1 Å². The van der Waals surface area contributed by atoms with Gasteiger partial charge in [0.15, 0.2) is 0 Å². The standard InChI is InChI=1S/C20H22N2O4/c1-12-6-5-7-13(2)19(12)22-18(23)11-16(20(22)24)21-15-9-8-14(25-3)10-17(15)26-4/h5-10,16,21H,11H2,1-4H3/t16-/m0/s1. The van der Waals surface area contributed by atoms with Gasteiger partial charge in [0.1, 0.15) is 17.5 Å². The first kappa shape index (κ1) is 17.8. The highest BCUT2D eigenvalue weighted by Gasteiger charge is 2.41. The van der Waals surface area contributed by atoms with Crippen LogP contribution in [0.3, 0.4) is 0 Å². The minimum absolute atomic E-state index is 0.0990. The second kappa shape index (κ2) is 7.07. The molecule has 6 heteroatoms. The molecule has 0 radical (unpaired) electrons. The molecule has 2 aromatic carbocycles. The quantitative estimate of drug-likeness (QED) is 0.836. The lowest BCUT2D eigenvalue weighted by molar-refractivity contribution is -0.121. The predicted octanol–water partition coefficient (Wildman–Crippen LogP) is 3.06. The van der Waals surface area contributed by atoms with Gasteiger partial charge in [-0.25, -0.2) is 4.90 Å². The van der Waals surface area contributed by atoms with Crippen molar-refractivity contribution in [3.63, 3.8) is 0 Å². The number of nitrogens with zero attached hydrogens (tertiary/aromatic N) is 1. The molecule has 3 rings (SSSR count). The smallest absolute Gasteiger partial charge is 0.256 e. The van der Waals surface area contributed by atoms with Crippen molar-refractivity contribution in [3.8, 4) is 11.5 Å². The third kappa shape index (κ3) is 3.10. The Bertz CT molecular complexity index is 843. The summed E-state index contributed by atoms with van der Waals surface area (Å²) in [5.74, 6) is 0.733. The summed E-state index contributed by atoms with van der Waals surface area (Å²) in [5.41, 5.74) is 3.11. The van der Waals surface area contributed by atoms with Crippen LogP contribution in [-0.2, 0) is 9.59 Å². The van der Waals surface area contributed by atoms with Gasteiger partial charge in [0, 0.05) is 6.07 Å². The zero-order valence-electron chi connectivity index (χ0n) is 15.3. The number of hydrogen-bond acceptors (Lipinski definition) is 5. The van der Waals surface area contributed by atoms with Crippen molar-refractivity contribution >= 4 is 23.2 Å². The third-order valence-corrected chi connectivity index (χ3v) is 4.55. The van der Waals surface area contributed by atoms with E-state index < -0.39 is 6.04 Å². The van der Waals surface area contributed by atoms with Crippen molar-refractivity contribution < 1.29 is 19.1 Å². The fraction of sp³-hybridized carbons (Fsp3) is 0.300. The Morgan fingerprint density at radius 2 is 1.73 bits per heavy atom. The minimum Gasteiger partial charge on any atom is -0.497 e. The molecule has 2 amide bonds. The number of para-hydroxylation sites is 1. The molecule has 1 fully saturated rings. The Balaban J connectivity index is 1.88. The van der Waals surface area contributed by atoms with Gasteiger partial charge in [-0.15, -0.1) is 0 Å². The van der Waals surface area contributed by atoms with Crippen LogP contribution >= 0.6 is 0 Å². The second-order valence-corrected chi connectivity index (χ2v) is 6.28. The first-order valence-electron chi connectivity index (χ1n) is 8.38. The number of aryl methyl sites for hydroxylation is 2. The molecule has 1 saturated heterocycles. The Morgan fingerprint density at radius 1 is 1.04 bits per heavy atom. The molecule has 0 spiro atoms. The van der Waals surface area contributed by atoms with Gasteiger partial charge < -0.3 is 14.8 Å². The molecular formula is C20H22N2O4. The SMILES string of the molecule is COc1ccc(N[C@H]2CC(=O)N(c3c(C)cccc3C)C2=O)c(OC)c1. The highest BCUT2D eigenvalue weighted by molar-refractivity contribution is 6.23. The molecule has 0 bridgehead atoms. The summed E-state index contributed by atoms with van der Waals surface area (Å²) >= 11 is 0. The van der Waals surface area contributed by atoms with Crippen LogP contribution in [-0.4, -0.2) is 32.1 Å². The topological polar surface area (TPSA) is 67.9 Å². The third-order valence-electron chi connectivity index (χ3n) is 4.55. The summed E-state index contributed by atoms with van der Waals surface area (Å²) in [4.78, 5) is 26.8. The number of ether oxygens (including phenoxy) is 2. The number of nitrogens with one attached hydrogen (secondary N) is 1. The molecule has 6 nitrogen and oxygen atoms in total. The Morgan fingerprint density at radius 3 is 2.35 bits per heavy atom. The van der Waals surface area contributed by atoms with Gasteiger partial charge in [-0.3, -0.25) is 9.59 Å². The van der Waals surface area contributed by atoms with E-state index in [-0.39, 0.29) is 18.2 Å². The first-order chi connectivity index (χ1) is 12.5. The normalized spacial score (nSPS) is 16.8. The Hall–Kier alpha value is -3.02. The molecule has 26 heavy (non-hydrogen) atoms. The Kier molecular flexibility index (Phi) is 4.84. The predicted molar refractivity (Wildman–Crippen MR) is 100.0 cm³/mol. The lowest BCUT2D eigenvalue weighted by atomic mass is 10.1. The number of methoxy groups -OCH3 is 2. The van der Waals surface area contributed by atoms with Crippen molar-refractivity contribution in [1.29, 1.82) is 0 Å². The number of benzene rings is 2. The maximum Gasteiger partial charge on any atom is 0.256 e. The molecule has 2 aromatic rings. The van der Waals surface area contributed by atoms with Gasteiger partial charge in [-0.1, -0.05) is 18.2 Å². The number of amides is 2.